The number of hydrogen-bond acceptors (Lipinski definition) is 2. The van der Waals surface area contributed by atoms with Crippen molar-refractivity contribution in [1.29, 1.82) is 0 Å². The van der Waals surface area contributed by atoms with E-state index in [1.54, 1.807) is 18.2 Å². The molecule has 1 saturated heterocycles. The van der Waals surface area contributed by atoms with E-state index in [2.05, 4.69) is 10.6 Å². The first-order valence-electron chi connectivity index (χ1n) is 9.70. The average Bonchev–Trinajstić information content (AvgIpc) is 2.68. The molecule has 26 heavy (non-hydrogen) atoms. The van der Waals surface area contributed by atoms with Crippen LogP contribution in [0.3, 0.4) is 0 Å². The van der Waals surface area contributed by atoms with Gasteiger partial charge < -0.3 is 15.5 Å². The van der Waals surface area contributed by atoms with Crippen LogP contribution in [0.25, 0.3) is 0 Å². The van der Waals surface area contributed by atoms with Crippen LogP contribution in [0.5, 0.6) is 0 Å². The maximum Gasteiger partial charge on any atom is 0.317 e. The van der Waals surface area contributed by atoms with Crippen LogP contribution in [-0.4, -0.2) is 36.0 Å². The fraction of sp³-hybridized carbons (Fsp3) is 0.600. The zero-order chi connectivity index (χ0) is 18.4. The van der Waals surface area contributed by atoms with Gasteiger partial charge in [0.2, 0.25) is 5.91 Å². The van der Waals surface area contributed by atoms with Crippen LogP contribution in [0.4, 0.5) is 9.18 Å². The molecule has 1 heterocycles. The molecule has 0 spiro atoms. The van der Waals surface area contributed by atoms with Crippen LogP contribution in [0.1, 0.15) is 50.5 Å². The third kappa shape index (κ3) is 4.96. The zero-order valence-corrected chi connectivity index (χ0v) is 15.2. The van der Waals surface area contributed by atoms with Gasteiger partial charge in [-0.3, -0.25) is 4.79 Å². The third-order valence-electron chi connectivity index (χ3n) is 5.50. The molecule has 0 bridgehead atoms. The Balaban J connectivity index is 1.40. The molecule has 3 rings (SSSR count). The Morgan fingerprint density at radius 3 is 2.42 bits per heavy atom. The second-order valence-electron chi connectivity index (χ2n) is 7.35. The summed E-state index contributed by atoms with van der Waals surface area (Å²) in [4.78, 5) is 26.5. The predicted octanol–water partition coefficient (Wildman–Crippen LogP) is 3.20. The van der Waals surface area contributed by atoms with Crippen LogP contribution in [0, 0.1) is 11.7 Å². The predicted molar refractivity (Wildman–Crippen MR) is 97.9 cm³/mol. The molecule has 0 aromatic heterocycles. The summed E-state index contributed by atoms with van der Waals surface area (Å²) in [6.45, 7) is 1.39. The van der Waals surface area contributed by atoms with Crippen molar-refractivity contribution in [2.75, 3.05) is 13.1 Å². The van der Waals surface area contributed by atoms with Gasteiger partial charge in [-0.05, 0) is 31.7 Å². The van der Waals surface area contributed by atoms with Crippen molar-refractivity contribution in [3.8, 4) is 0 Å². The average molecular weight is 361 g/mol. The van der Waals surface area contributed by atoms with Crippen LogP contribution in [0.2, 0.25) is 0 Å². The van der Waals surface area contributed by atoms with Gasteiger partial charge in [-0.1, -0.05) is 37.5 Å². The molecule has 0 unspecified atom stereocenters. The van der Waals surface area contributed by atoms with Gasteiger partial charge in [0.15, 0.2) is 0 Å². The van der Waals surface area contributed by atoms with Crippen molar-refractivity contribution in [1.82, 2.24) is 15.5 Å². The number of halogens is 1. The summed E-state index contributed by atoms with van der Waals surface area (Å²) >= 11 is 0. The van der Waals surface area contributed by atoms with Crippen molar-refractivity contribution < 1.29 is 14.0 Å². The lowest BCUT2D eigenvalue weighted by molar-refractivity contribution is -0.126. The maximum absolute atomic E-state index is 13.6. The lowest BCUT2D eigenvalue weighted by Crippen LogP contribution is -2.49. The van der Waals surface area contributed by atoms with E-state index < -0.39 is 0 Å². The first kappa shape index (κ1) is 18.7. The second kappa shape index (κ2) is 9.01. The second-order valence-corrected chi connectivity index (χ2v) is 7.35. The summed E-state index contributed by atoms with van der Waals surface area (Å²) < 4.78 is 13.6. The summed E-state index contributed by atoms with van der Waals surface area (Å²) in [5.41, 5.74) is 0.491. The van der Waals surface area contributed by atoms with E-state index in [-0.39, 0.29) is 30.2 Å². The van der Waals surface area contributed by atoms with Crippen molar-refractivity contribution in [3.05, 3.63) is 35.6 Å². The normalized spacial score (nSPS) is 19.2. The van der Waals surface area contributed by atoms with Crippen molar-refractivity contribution in [2.45, 2.75) is 57.5 Å². The van der Waals surface area contributed by atoms with E-state index in [1.165, 1.54) is 25.3 Å². The molecule has 5 nitrogen and oxygen atoms in total. The van der Waals surface area contributed by atoms with Crippen molar-refractivity contribution in [2.24, 2.45) is 5.92 Å². The quantitative estimate of drug-likeness (QED) is 0.865. The van der Waals surface area contributed by atoms with E-state index in [9.17, 15) is 14.0 Å². The summed E-state index contributed by atoms with van der Waals surface area (Å²) in [5, 5.41) is 5.95. The SMILES string of the molecule is O=C(NCc1ccccc1F)C1CCN(C(=O)NC2CCCCC2)CC1. The molecule has 2 aliphatic rings. The molecular weight excluding hydrogens is 333 g/mol. The number of hydrogen-bond donors (Lipinski definition) is 2. The maximum atomic E-state index is 13.6. The Labute approximate surface area is 154 Å². The van der Waals surface area contributed by atoms with Gasteiger partial charge in [0, 0.05) is 37.2 Å². The summed E-state index contributed by atoms with van der Waals surface area (Å²) in [6, 6.07) is 6.77. The van der Waals surface area contributed by atoms with Crippen LogP contribution in [0.15, 0.2) is 24.3 Å². The largest absolute Gasteiger partial charge is 0.352 e. The fourth-order valence-corrected chi connectivity index (χ4v) is 3.83. The minimum Gasteiger partial charge on any atom is -0.352 e. The lowest BCUT2D eigenvalue weighted by Gasteiger charge is -2.33. The minimum atomic E-state index is -0.304. The Hall–Kier alpha value is -2.11. The molecule has 0 radical (unpaired) electrons. The highest BCUT2D eigenvalue weighted by molar-refractivity contribution is 5.79. The molecule has 0 atom stereocenters. The van der Waals surface area contributed by atoms with E-state index >= 15 is 0 Å². The Kier molecular flexibility index (Phi) is 6.47. The van der Waals surface area contributed by atoms with E-state index in [0.717, 1.165) is 12.8 Å². The van der Waals surface area contributed by atoms with Gasteiger partial charge in [0.25, 0.3) is 0 Å². The Bertz CT molecular complexity index is 623. The molecule has 2 N–H and O–H groups in total. The van der Waals surface area contributed by atoms with Crippen molar-refractivity contribution >= 4 is 11.9 Å². The molecule has 3 amide bonds. The summed E-state index contributed by atoms with van der Waals surface area (Å²) in [5.74, 6) is -0.469. The number of rotatable bonds is 4. The summed E-state index contributed by atoms with van der Waals surface area (Å²) in [6.07, 6.45) is 7.09. The van der Waals surface area contributed by atoms with E-state index in [1.807, 2.05) is 4.90 Å². The Morgan fingerprint density at radius 1 is 1.04 bits per heavy atom. The van der Waals surface area contributed by atoms with Crippen LogP contribution in [-0.2, 0) is 11.3 Å². The van der Waals surface area contributed by atoms with Crippen LogP contribution >= 0.6 is 0 Å². The smallest absolute Gasteiger partial charge is 0.317 e. The van der Waals surface area contributed by atoms with E-state index in [4.69, 9.17) is 0 Å². The number of benzene rings is 1. The Morgan fingerprint density at radius 2 is 1.73 bits per heavy atom. The number of likely N-dealkylation sites (tertiary alicyclic amines) is 1. The molecule has 1 saturated carbocycles. The number of amides is 3. The number of carbonyl (C=O) groups excluding carboxylic acids is 2. The molecule has 142 valence electrons. The molecule has 1 aromatic carbocycles. The third-order valence-corrected chi connectivity index (χ3v) is 5.50. The number of urea groups is 1. The molecule has 1 aliphatic carbocycles. The van der Waals surface area contributed by atoms with Gasteiger partial charge in [-0.15, -0.1) is 0 Å². The number of nitrogens with zero attached hydrogens (tertiary/aromatic N) is 1. The molecule has 6 heteroatoms. The highest BCUT2D eigenvalue weighted by Crippen LogP contribution is 2.20. The van der Waals surface area contributed by atoms with Crippen molar-refractivity contribution in [3.63, 3.8) is 0 Å². The first-order valence-corrected chi connectivity index (χ1v) is 9.70. The number of carbonyl (C=O) groups is 2. The molecule has 2 fully saturated rings. The highest BCUT2D eigenvalue weighted by atomic mass is 19.1. The van der Waals surface area contributed by atoms with Gasteiger partial charge in [-0.25, -0.2) is 9.18 Å². The first-order chi connectivity index (χ1) is 12.6. The van der Waals surface area contributed by atoms with Gasteiger partial charge in [0.1, 0.15) is 5.82 Å². The molecular formula is C20H28FN3O2. The molecule has 1 aliphatic heterocycles. The zero-order valence-electron chi connectivity index (χ0n) is 15.2. The minimum absolute atomic E-state index is 0.00196. The fourth-order valence-electron chi connectivity index (χ4n) is 3.83. The lowest BCUT2D eigenvalue weighted by atomic mass is 9.95. The van der Waals surface area contributed by atoms with Gasteiger partial charge >= 0.3 is 6.03 Å². The van der Waals surface area contributed by atoms with E-state index in [0.29, 0.717) is 37.5 Å². The highest BCUT2D eigenvalue weighted by Gasteiger charge is 2.28. The molecule has 1 aromatic rings. The number of nitrogens with one attached hydrogen (secondary N) is 2. The van der Waals surface area contributed by atoms with Crippen LogP contribution < -0.4 is 10.6 Å². The monoisotopic (exact) mass is 361 g/mol. The van der Waals surface area contributed by atoms with Gasteiger partial charge in [-0.2, -0.15) is 0 Å². The standard InChI is InChI=1S/C20H28FN3O2/c21-18-9-5-4-6-16(18)14-22-19(25)15-10-12-24(13-11-15)20(26)23-17-7-2-1-3-8-17/h4-6,9,15,17H,1-3,7-8,10-14H2,(H,22,25)(H,23,26). The van der Waals surface area contributed by atoms with Gasteiger partial charge in [0.05, 0.1) is 0 Å². The number of piperidine rings is 1. The topological polar surface area (TPSA) is 61.4 Å². The summed E-state index contributed by atoms with van der Waals surface area (Å²) in [7, 11) is 0.